The summed E-state index contributed by atoms with van der Waals surface area (Å²) < 4.78 is 6.63. The highest BCUT2D eigenvalue weighted by Gasteiger charge is 2.19. The fraction of sp³-hybridized carbons (Fsp3) is 0.217. The first-order valence-corrected chi connectivity index (χ1v) is 9.20. The molecule has 0 radical (unpaired) electrons. The van der Waals surface area contributed by atoms with E-state index in [2.05, 4.69) is 0 Å². The molecule has 5 nitrogen and oxygen atoms in total. The molecule has 144 valence electrons. The summed E-state index contributed by atoms with van der Waals surface area (Å²) in [5, 5.41) is 0. The van der Waals surface area contributed by atoms with E-state index in [1.54, 1.807) is 37.4 Å². The molecular weight excluding hydrogens is 352 g/mol. The molecule has 0 aliphatic heterocycles. The molecular formula is C23H24N2O3. The smallest absolute Gasteiger partial charge is 0.263 e. The maximum atomic E-state index is 13.2. The SMILES string of the molecule is COc1ccc(CN(CCc2ccccc2)C(=O)c2cccn(C)c2=O)cc1. The molecule has 0 N–H and O–H groups in total. The van der Waals surface area contributed by atoms with E-state index in [1.807, 2.05) is 54.6 Å². The van der Waals surface area contributed by atoms with Gasteiger partial charge in [0.2, 0.25) is 0 Å². The Morgan fingerprint density at radius 2 is 1.68 bits per heavy atom. The predicted octanol–water partition coefficient (Wildman–Crippen LogP) is 3.28. The number of hydrogen-bond acceptors (Lipinski definition) is 3. The number of carbonyl (C=O) groups is 1. The van der Waals surface area contributed by atoms with Gasteiger partial charge in [-0.2, -0.15) is 0 Å². The van der Waals surface area contributed by atoms with Crippen LogP contribution in [-0.2, 0) is 20.0 Å². The minimum atomic E-state index is -0.285. The zero-order valence-corrected chi connectivity index (χ0v) is 16.2. The molecule has 0 fully saturated rings. The molecule has 0 aliphatic carbocycles. The fourth-order valence-electron chi connectivity index (χ4n) is 3.04. The molecule has 3 rings (SSSR count). The summed E-state index contributed by atoms with van der Waals surface area (Å²) in [6.45, 7) is 0.945. The van der Waals surface area contributed by atoms with Crippen molar-refractivity contribution >= 4 is 5.91 Å². The number of nitrogens with zero attached hydrogens (tertiary/aromatic N) is 2. The molecule has 0 aliphatic rings. The Morgan fingerprint density at radius 1 is 0.964 bits per heavy atom. The second-order valence-corrected chi connectivity index (χ2v) is 6.65. The highest BCUT2D eigenvalue weighted by atomic mass is 16.5. The molecule has 0 saturated carbocycles. The molecule has 3 aromatic rings. The number of ether oxygens (including phenoxy) is 1. The Bertz CT molecular complexity index is 979. The fourth-order valence-corrected chi connectivity index (χ4v) is 3.04. The van der Waals surface area contributed by atoms with Gasteiger partial charge < -0.3 is 14.2 Å². The summed E-state index contributed by atoms with van der Waals surface area (Å²) in [6, 6.07) is 20.9. The largest absolute Gasteiger partial charge is 0.497 e. The number of carbonyl (C=O) groups excluding carboxylic acids is 1. The van der Waals surface area contributed by atoms with Crippen molar-refractivity contribution in [2.75, 3.05) is 13.7 Å². The van der Waals surface area contributed by atoms with E-state index in [0.717, 1.165) is 23.3 Å². The van der Waals surface area contributed by atoms with Crippen molar-refractivity contribution in [2.45, 2.75) is 13.0 Å². The number of benzene rings is 2. The van der Waals surface area contributed by atoms with Crippen molar-refractivity contribution < 1.29 is 9.53 Å². The number of hydrogen-bond donors (Lipinski definition) is 0. The Hall–Kier alpha value is -3.34. The van der Waals surface area contributed by atoms with Crippen molar-refractivity contribution in [3.8, 4) is 5.75 Å². The van der Waals surface area contributed by atoms with Crippen LogP contribution in [0.2, 0.25) is 0 Å². The normalized spacial score (nSPS) is 10.5. The van der Waals surface area contributed by atoms with Gasteiger partial charge in [0.05, 0.1) is 7.11 Å². The van der Waals surface area contributed by atoms with Crippen LogP contribution in [0.25, 0.3) is 0 Å². The van der Waals surface area contributed by atoms with E-state index in [-0.39, 0.29) is 17.0 Å². The molecule has 0 spiro atoms. The lowest BCUT2D eigenvalue weighted by Crippen LogP contribution is -2.37. The van der Waals surface area contributed by atoms with Crippen LogP contribution in [-0.4, -0.2) is 29.0 Å². The summed E-state index contributed by atoms with van der Waals surface area (Å²) in [5.74, 6) is 0.510. The van der Waals surface area contributed by atoms with Crippen molar-refractivity contribution in [2.24, 2.45) is 7.05 Å². The second-order valence-electron chi connectivity index (χ2n) is 6.65. The number of aromatic nitrogens is 1. The van der Waals surface area contributed by atoms with Crippen molar-refractivity contribution in [1.29, 1.82) is 0 Å². The first kappa shape index (κ1) is 19.4. The van der Waals surface area contributed by atoms with Gasteiger partial charge in [-0.25, -0.2) is 0 Å². The third-order valence-electron chi connectivity index (χ3n) is 4.69. The summed E-state index contributed by atoms with van der Waals surface area (Å²) in [7, 11) is 3.27. The van der Waals surface area contributed by atoms with Crippen LogP contribution < -0.4 is 10.3 Å². The lowest BCUT2D eigenvalue weighted by atomic mass is 10.1. The summed E-state index contributed by atoms with van der Waals surface area (Å²) >= 11 is 0. The van der Waals surface area contributed by atoms with Gasteiger partial charge in [0.25, 0.3) is 11.5 Å². The standard InChI is InChI=1S/C23H24N2O3/c1-24-15-6-9-21(22(24)26)23(27)25(16-14-18-7-4-3-5-8-18)17-19-10-12-20(28-2)13-11-19/h3-13,15H,14,16-17H2,1-2H3. The van der Waals surface area contributed by atoms with Crippen molar-refractivity contribution in [3.05, 3.63) is 100.0 Å². The van der Waals surface area contributed by atoms with E-state index in [4.69, 9.17) is 4.74 Å². The Kier molecular flexibility index (Phi) is 6.27. The van der Waals surface area contributed by atoms with Crippen LogP contribution >= 0.6 is 0 Å². The van der Waals surface area contributed by atoms with Crippen LogP contribution in [0.5, 0.6) is 5.75 Å². The molecule has 0 atom stereocenters. The van der Waals surface area contributed by atoms with Crippen molar-refractivity contribution in [3.63, 3.8) is 0 Å². The summed E-state index contributed by atoms with van der Waals surface area (Å²) in [4.78, 5) is 27.3. The highest BCUT2D eigenvalue weighted by Crippen LogP contribution is 2.15. The third-order valence-corrected chi connectivity index (χ3v) is 4.69. The molecule has 28 heavy (non-hydrogen) atoms. The monoisotopic (exact) mass is 376 g/mol. The number of aryl methyl sites for hydroxylation is 1. The van der Waals surface area contributed by atoms with Crippen LogP contribution in [0, 0.1) is 0 Å². The van der Waals surface area contributed by atoms with E-state index in [0.29, 0.717) is 13.1 Å². The molecule has 0 unspecified atom stereocenters. The number of pyridine rings is 1. The predicted molar refractivity (Wildman–Crippen MR) is 110 cm³/mol. The van der Waals surface area contributed by atoms with E-state index in [9.17, 15) is 9.59 Å². The first-order chi connectivity index (χ1) is 13.6. The molecule has 5 heteroatoms. The lowest BCUT2D eigenvalue weighted by Gasteiger charge is -2.23. The van der Waals surface area contributed by atoms with Gasteiger partial charge in [-0.05, 0) is 41.8 Å². The molecule has 1 amide bonds. The maximum absolute atomic E-state index is 13.2. The molecule has 2 aromatic carbocycles. The molecule has 0 saturated heterocycles. The summed E-state index contributed by atoms with van der Waals surface area (Å²) in [5.41, 5.74) is 2.03. The van der Waals surface area contributed by atoms with Gasteiger partial charge >= 0.3 is 0 Å². The van der Waals surface area contributed by atoms with Crippen molar-refractivity contribution in [1.82, 2.24) is 9.47 Å². The zero-order valence-electron chi connectivity index (χ0n) is 16.2. The Morgan fingerprint density at radius 3 is 2.36 bits per heavy atom. The number of rotatable bonds is 7. The van der Waals surface area contributed by atoms with E-state index < -0.39 is 0 Å². The van der Waals surface area contributed by atoms with Gasteiger partial charge in [-0.3, -0.25) is 9.59 Å². The van der Waals surface area contributed by atoms with Crippen LogP contribution in [0.15, 0.2) is 77.7 Å². The van der Waals surface area contributed by atoms with Gasteiger partial charge in [-0.1, -0.05) is 42.5 Å². The van der Waals surface area contributed by atoms with E-state index >= 15 is 0 Å². The van der Waals surface area contributed by atoms with E-state index in [1.165, 1.54) is 4.57 Å². The minimum absolute atomic E-state index is 0.187. The average Bonchev–Trinajstić information content (AvgIpc) is 2.74. The maximum Gasteiger partial charge on any atom is 0.263 e. The Balaban J connectivity index is 1.85. The second kappa shape index (κ2) is 9.04. The van der Waals surface area contributed by atoms with Gasteiger partial charge in [0.15, 0.2) is 0 Å². The zero-order chi connectivity index (χ0) is 19.9. The minimum Gasteiger partial charge on any atom is -0.497 e. The topological polar surface area (TPSA) is 51.5 Å². The van der Waals surface area contributed by atoms with Crippen LogP contribution in [0.4, 0.5) is 0 Å². The van der Waals surface area contributed by atoms with Crippen LogP contribution in [0.3, 0.4) is 0 Å². The Labute approximate surface area is 164 Å². The number of methoxy groups -OCH3 is 1. The quantitative estimate of drug-likeness (QED) is 0.636. The van der Waals surface area contributed by atoms with Gasteiger partial charge in [0.1, 0.15) is 11.3 Å². The molecule has 0 bridgehead atoms. The lowest BCUT2D eigenvalue weighted by molar-refractivity contribution is 0.0742. The average molecular weight is 376 g/mol. The van der Waals surface area contributed by atoms with Gasteiger partial charge in [-0.15, -0.1) is 0 Å². The van der Waals surface area contributed by atoms with Crippen LogP contribution in [0.1, 0.15) is 21.5 Å². The summed E-state index contributed by atoms with van der Waals surface area (Å²) in [6.07, 6.45) is 2.37. The highest BCUT2D eigenvalue weighted by molar-refractivity contribution is 5.93. The van der Waals surface area contributed by atoms with Gasteiger partial charge in [0, 0.05) is 26.3 Å². The first-order valence-electron chi connectivity index (χ1n) is 9.20. The third kappa shape index (κ3) is 4.68. The molecule has 1 heterocycles. The number of amides is 1. The molecule has 1 aromatic heterocycles.